The average Bonchev–Trinajstić information content (AvgIpc) is 2.88. The van der Waals surface area contributed by atoms with Gasteiger partial charge >= 0.3 is 0 Å². The number of Topliss-reactive ketones (excluding diaryl/α,β-unsaturated/α-hetero) is 1. The number of nitrogens with zero attached hydrogens (tertiary/aromatic N) is 1. The number of fused-ring (bicyclic) bond motifs is 1. The maximum absolute atomic E-state index is 13.4. The molecule has 1 aliphatic carbocycles. The van der Waals surface area contributed by atoms with Crippen LogP contribution in [-0.4, -0.2) is 16.8 Å². The molecule has 0 aromatic heterocycles. The van der Waals surface area contributed by atoms with Crippen LogP contribution < -0.4 is 4.90 Å². The number of amides is 1. The molecule has 3 atom stereocenters. The summed E-state index contributed by atoms with van der Waals surface area (Å²) in [6.07, 6.45) is 1.74. The van der Waals surface area contributed by atoms with E-state index in [2.05, 4.69) is 6.92 Å². The minimum Gasteiger partial charge on any atom is -0.375 e. The molecule has 1 heterocycles. The number of carbonyl (C=O) groups is 2. The summed E-state index contributed by atoms with van der Waals surface area (Å²) < 4.78 is 0. The summed E-state index contributed by atoms with van der Waals surface area (Å²) in [5, 5.41) is 12.2. The van der Waals surface area contributed by atoms with E-state index in [-0.39, 0.29) is 12.3 Å². The molecule has 1 amide bonds. The number of carbonyl (C=O) groups excluding carboxylic acids is 2. The van der Waals surface area contributed by atoms with Gasteiger partial charge in [-0.1, -0.05) is 54.9 Å². The molecule has 0 spiro atoms. The van der Waals surface area contributed by atoms with Crippen LogP contribution in [0.15, 0.2) is 48.5 Å². The van der Waals surface area contributed by atoms with Gasteiger partial charge in [-0.05, 0) is 36.5 Å². The highest BCUT2D eigenvalue weighted by atomic mass is 35.5. The Bertz CT molecular complexity index is 912. The molecule has 2 aliphatic rings. The zero-order chi connectivity index (χ0) is 19.2. The van der Waals surface area contributed by atoms with Gasteiger partial charge in [-0.3, -0.25) is 9.59 Å². The summed E-state index contributed by atoms with van der Waals surface area (Å²) in [7, 11) is 0. The van der Waals surface area contributed by atoms with Crippen molar-refractivity contribution < 1.29 is 14.7 Å². The normalized spacial score (nSPS) is 27.7. The van der Waals surface area contributed by atoms with Crippen molar-refractivity contribution in [3.05, 3.63) is 64.7 Å². The molecule has 2 aromatic rings. The topological polar surface area (TPSA) is 57.6 Å². The van der Waals surface area contributed by atoms with E-state index in [4.69, 9.17) is 11.6 Å². The van der Waals surface area contributed by atoms with Crippen molar-refractivity contribution in [2.45, 2.75) is 38.3 Å². The lowest BCUT2D eigenvalue weighted by molar-refractivity contribution is -0.153. The van der Waals surface area contributed by atoms with E-state index in [0.717, 1.165) is 12.0 Å². The first-order valence-corrected chi connectivity index (χ1v) is 9.70. The van der Waals surface area contributed by atoms with Crippen molar-refractivity contribution >= 4 is 29.0 Å². The second kappa shape index (κ2) is 6.77. The zero-order valence-electron chi connectivity index (χ0n) is 15.2. The molecule has 27 heavy (non-hydrogen) atoms. The molecule has 3 unspecified atom stereocenters. The molecule has 1 saturated carbocycles. The zero-order valence-corrected chi connectivity index (χ0v) is 15.9. The fourth-order valence-corrected chi connectivity index (χ4v) is 4.57. The fraction of sp³-hybridized carbons (Fsp3) is 0.364. The molecule has 1 fully saturated rings. The molecule has 140 valence electrons. The summed E-state index contributed by atoms with van der Waals surface area (Å²) in [5.74, 6) is -0.866. The standard InChI is InChI=1S/C22H22ClNO3/c1-14-10-11-20(25)17(12-14)22(27)16-7-3-5-9-19(16)24(21(22)26)13-15-6-2-4-8-18(15)23/h2-9,14,17,27H,10-13H2,1H3. The number of para-hydroxylation sites is 1. The Labute approximate surface area is 163 Å². The molecule has 4 rings (SSSR count). The minimum atomic E-state index is -1.80. The van der Waals surface area contributed by atoms with Gasteiger partial charge in [0.2, 0.25) is 0 Å². The van der Waals surface area contributed by atoms with E-state index in [9.17, 15) is 14.7 Å². The molecule has 0 radical (unpaired) electrons. The Balaban J connectivity index is 1.78. The monoisotopic (exact) mass is 383 g/mol. The highest BCUT2D eigenvalue weighted by molar-refractivity contribution is 6.31. The molecule has 5 heteroatoms. The summed E-state index contributed by atoms with van der Waals surface area (Å²) in [4.78, 5) is 27.6. The second-order valence-corrected chi connectivity index (χ2v) is 8.07. The molecule has 0 saturated heterocycles. The first-order chi connectivity index (χ1) is 12.9. The van der Waals surface area contributed by atoms with E-state index in [1.165, 1.54) is 0 Å². The van der Waals surface area contributed by atoms with Crippen molar-refractivity contribution in [3.63, 3.8) is 0 Å². The van der Waals surface area contributed by atoms with Crippen molar-refractivity contribution in [3.8, 4) is 0 Å². The van der Waals surface area contributed by atoms with Gasteiger partial charge in [0.25, 0.3) is 5.91 Å². The van der Waals surface area contributed by atoms with Crippen LogP contribution in [0.25, 0.3) is 0 Å². The van der Waals surface area contributed by atoms with Crippen LogP contribution in [0.4, 0.5) is 5.69 Å². The number of hydrogen-bond acceptors (Lipinski definition) is 3. The summed E-state index contributed by atoms with van der Waals surface area (Å²) >= 11 is 6.28. The van der Waals surface area contributed by atoms with Crippen LogP contribution in [-0.2, 0) is 21.7 Å². The third-order valence-corrected chi connectivity index (χ3v) is 6.25. The number of halogens is 1. The van der Waals surface area contributed by atoms with E-state index < -0.39 is 17.4 Å². The quantitative estimate of drug-likeness (QED) is 0.868. The Kier molecular flexibility index (Phi) is 4.57. The highest BCUT2D eigenvalue weighted by Crippen LogP contribution is 2.49. The van der Waals surface area contributed by atoms with Crippen LogP contribution in [0.1, 0.15) is 37.3 Å². The highest BCUT2D eigenvalue weighted by Gasteiger charge is 2.57. The van der Waals surface area contributed by atoms with Crippen LogP contribution in [0.5, 0.6) is 0 Å². The van der Waals surface area contributed by atoms with Gasteiger partial charge in [0.1, 0.15) is 5.78 Å². The Morgan fingerprint density at radius 2 is 1.85 bits per heavy atom. The van der Waals surface area contributed by atoms with Gasteiger partial charge in [0, 0.05) is 17.0 Å². The van der Waals surface area contributed by atoms with Crippen molar-refractivity contribution in [2.75, 3.05) is 4.90 Å². The van der Waals surface area contributed by atoms with Crippen LogP contribution >= 0.6 is 11.6 Å². The van der Waals surface area contributed by atoms with Crippen molar-refractivity contribution in [2.24, 2.45) is 11.8 Å². The van der Waals surface area contributed by atoms with Gasteiger partial charge in [-0.15, -0.1) is 0 Å². The molecule has 2 aromatic carbocycles. The number of hydrogen-bond donors (Lipinski definition) is 1. The van der Waals surface area contributed by atoms with Gasteiger partial charge in [-0.2, -0.15) is 0 Å². The molecule has 1 aliphatic heterocycles. The predicted octanol–water partition coefficient (Wildman–Crippen LogP) is 4.08. The lowest BCUT2D eigenvalue weighted by Gasteiger charge is -2.35. The molecule has 1 N–H and O–H groups in total. The predicted molar refractivity (Wildman–Crippen MR) is 104 cm³/mol. The van der Waals surface area contributed by atoms with Crippen molar-refractivity contribution in [1.29, 1.82) is 0 Å². The number of rotatable bonds is 3. The second-order valence-electron chi connectivity index (χ2n) is 7.66. The molecule has 4 nitrogen and oxygen atoms in total. The maximum atomic E-state index is 13.4. The third kappa shape index (κ3) is 2.88. The van der Waals surface area contributed by atoms with Gasteiger partial charge in [0.05, 0.1) is 18.2 Å². The Morgan fingerprint density at radius 1 is 1.15 bits per heavy atom. The smallest absolute Gasteiger partial charge is 0.264 e. The Morgan fingerprint density at radius 3 is 2.63 bits per heavy atom. The first-order valence-electron chi connectivity index (χ1n) is 9.33. The van der Waals surface area contributed by atoms with Crippen LogP contribution in [0.3, 0.4) is 0 Å². The molecular weight excluding hydrogens is 362 g/mol. The summed E-state index contributed by atoms with van der Waals surface area (Å²) in [6, 6.07) is 14.6. The van der Waals surface area contributed by atoms with E-state index in [1.54, 1.807) is 23.1 Å². The number of benzene rings is 2. The third-order valence-electron chi connectivity index (χ3n) is 5.88. The number of anilines is 1. The van der Waals surface area contributed by atoms with Gasteiger partial charge < -0.3 is 10.0 Å². The summed E-state index contributed by atoms with van der Waals surface area (Å²) in [5.41, 5.74) is 0.171. The van der Waals surface area contributed by atoms with Crippen LogP contribution in [0.2, 0.25) is 5.02 Å². The average molecular weight is 384 g/mol. The minimum absolute atomic E-state index is 0.0293. The van der Waals surface area contributed by atoms with Crippen LogP contribution in [0, 0.1) is 11.8 Å². The van der Waals surface area contributed by atoms with Gasteiger partial charge in [0.15, 0.2) is 5.60 Å². The lowest BCUT2D eigenvalue weighted by atomic mass is 9.70. The lowest BCUT2D eigenvalue weighted by Crippen LogP contribution is -2.50. The largest absolute Gasteiger partial charge is 0.375 e. The SMILES string of the molecule is CC1CCC(=O)C(C2(O)C(=O)N(Cc3ccccc3Cl)c3ccccc32)C1. The van der Waals surface area contributed by atoms with E-state index >= 15 is 0 Å². The molecule has 0 bridgehead atoms. The van der Waals surface area contributed by atoms with E-state index in [1.807, 2.05) is 30.3 Å². The number of aliphatic hydroxyl groups is 1. The van der Waals surface area contributed by atoms with Gasteiger partial charge in [-0.25, -0.2) is 0 Å². The van der Waals surface area contributed by atoms with Crippen molar-refractivity contribution in [1.82, 2.24) is 0 Å². The molecular formula is C22H22ClNO3. The Hall–Kier alpha value is -2.17. The summed E-state index contributed by atoms with van der Waals surface area (Å²) in [6.45, 7) is 2.32. The fourth-order valence-electron chi connectivity index (χ4n) is 4.37. The maximum Gasteiger partial charge on any atom is 0.264 e. The first kappa shape index (κ1) is 18.2. The van der Waals surface area contributed by atoms with E-state index in [0.29, 0.717) is 35.0 Å². The number of ketones is 1.